The van der Waals surface area contributed by atoms with Crippen molar-refractivity contribution < 1.29 is 14.3 Å². The summed E-state index contributed by atoms with van der Waals surface area (Å²) in [5.74, 6) is 1.45. The summed E-state index contributed by atoms with van der Waals surface area (Å²) in [4.78, 5) is 14.7. The highest BCUT2D eigenvalue weighted by molar-refractivity contribution is 5.99. The zero-order valence-electron chi connectivity index (χ0n) is 15.2. The lowest BCUT2D eigenvalue weighted by molar-refractivity contribution is 0.0938. The Bertz CT molecular complexity index is 756. The number of amides is 1. The summed E-state index contributed by atoms with van der Waals surface area (Å²) in [5, 5.41) is 3.09. The third-order valence-electron chi connectivity index (χ3n) is 4.63. The Labute approximate surface area is 153 Å². The zero-order valence-corrected chi connectivity index (χ0v) is 15.2. The van der Waals surface area contributed by atoms with Crippen LogP contribution in [0.5, 0.6) is 11.5 Å². The second kappa shape index (κ2) is 8.10. The third kappa shape index (κ3) is 4.26. The van der Waals surface area contributed by atoms with Gasteiger partial charge in [0.1, 0.15) is 11.5 Å². The van der Waals surface area contributed by atoms with Gasteiger partial charge in [-0.15, -0.1) is 0 Å². The highest BCUT2D eigenvalue weighted by Gasteiger charge is 2.25. The predicted molar refractivity (Wildman–Crippen MR) is 102 cm³/mol. The Hall–Kier alpha value is -2.73. The Morgan fingerprint density at radius 1 is 1.19 bits per heavy atom. The molecule has 1 amide bonds. The SMILES string of the molecule is COc1cc(CN2CCC(NC(=O)c3ccccc3N)C2)cc(OC)c1. The quantitative estimate of drug-likeness (QED) is 0.778. The van der Waals surface area contributed by atoms with E-state index in [4.69, 9.17) is 15.2 Å². The van der Waals surface area contributed by atoms with Crippen LogP contribution in [0.15, 0.2) is 42.5 Å². The number of para-hydroxylation sites is 1. The van der Waals surface area contributed by atoms with Crippen molar-refractivity contribution >= 4 is 11.6 Å². The summed E-state index contributed by atoms with van der Waals surface area (Å²) >= 11 is 0. The molecular formula is C20H25N3O3. The number of benzene rings is 2. The first-order valence-electron chi connectivity index (χ1n) is 8.68. The van der Waals surface area contributed by atoms with E-state index in [0.717, 1.165) is 43.1 Å². The summed E-state index contributed by atoms with van der Waals surface area (Å²) in [6.45, 7) is 2.51. The van der Waals surface area contributed by atoms with Gasteiger partial charge in [-0.2, -0.15) is 0 Å². The molecule has 0 aliphatic carbocycles. The van der Waals surface area contributed by atoms with E-state index < -0.39 is 0 Å². The van der Waals surface area contributed by atoms with E-state index in [2.05, 4.69) is 10.2 Å². The van der Waals surface area contributed by atoms with Crippen LogP contribution in [0.3, 0.4) is 0 Å². The topological polar surface area (TPSA) is 76.8 Å². The number of rotatable bonds is 6. The van der Waals surface area contributed by atoms with Crippen LogP contribution in [0.4, 0.5) is 5.69 Å². The second-order valence-electron chi connectivity index (χ2n) is 6.50. The molecule has 6 heteroatoms. The van der Waals surface area contributed by atoms with Crippen molar-refractivity contribution in [3.8, 4) is 11.5 Å². The number of likely N-dealkylation sites (tertiary alicyclic amines) is 1. The molecule has 0 bridgehead atoms. The molecule has 1 aliphatic heterocycles. The summed E-state index contributed by atoms with van der Waals surface area (Å²) in [6, 6.07) is 13.1. The smallest absolute Gasteiger partial charge is 0.253 e. The van der Waals surface area contributed by atoms with Gasteiger partial charge in [-0.05, 0) is 36.2 Å². The maximum absolute atomic E-state index is 12.4. The minimum Gasteiger partial charge on any atom is -0.497 e. The Morgan fingerprint density at radius 2 is 1.88 bits per heavy atom. The molecule has 1 heterocycles. The van der Waals surface area contributed by atoms with Crippen LogP contribution < -0.4 is 20.5 Å². The van der Waals surface area contributed by atoms with Crippen LogP contribution >= 0.6 is 0 Å². The number of nitrogens with two attached hydrogens (primary N) is 1. The fourth-order valence-electron chi connectivity index (χ4n) is 3.28. The van der Waals surface area contributed by atoms with E-state index >= 15 is 0 Å². The number of hydrogen-bond donors (Lipinski definition) is 2. The number of hydrogen-bond acceptors (Lipinski definition) is 5. The first-order valence-corrected chi connectivity index (χ1v) is 8.68. The van der Waals surface area contributed by atoms with Crippen LogP contribution in [-0.4, -0.2) is 44.2 Å². The van der Waals surface area contributed by atoms with Crippen molar-refractivity contribution in [1.29, 1.82) is 0 Å². The molecule has 1 unspecified atom stereocenters. The first kappa shape index (κ1) is 18.1. The van der Waals surface area contributed by atoms with Gasteiger partial charge in [-0.1, -0.05) is 12.1 Å². The average molecular weight is 355 g/mol. The van der Waals surface area contributed by atoms with E-state index in [1.165, 1.54) is 0 Å². The molecule has 1 saturated heterocycles. The molecule has 0 spiro atoms. The van der Waals surface area contributed by atoms with Crippen molar-refractivity contribution in [2.24, 2.45) is 0 Å². The highest BCUT2D eigenvalue weighted by Crippen LogP contribution is 2.24. The molecule has 1 atom stereocenters. The van der Waals surface area contributed by atoms with Gasteiger partial charge < -0.3 is 20.5 Å². The van der Waals surface area contributed by atoms with Crippen molar-refractivity contribution in [3.05, 3.63) is 53.6 Å². The number of ether oxygens (including phenoxy) is 2. The van der Waals surface area contributed by atoms with E-state index in [-0.39, 0.29) is 11.9 Å². The van der Waals surface area contributed by atoms with Crippen LogP contribution in [0.1, 0.15) is 22.3 Å². The first-order chi connectivity index (χ1) is 12.6. The number of carbonyl (C=O) groups is 1. The van der Waals surface area contributed by atoms with Crippen LogP contribution in [0, 0.1) is 0 Å². The van der Waals surface area contributed by atoms with E-state index in [1.54, 1.807) is 26.4 Å². The summed E-state index contributed by atoms with van der Waals surface area (Å²) < 4.78 is 10.7. The van der Waals surface area contributed by atoms with Gasteiger partial charge >= 0.3 is 0 Å². The summed E-state index contributed by atoms with van der Waals surface area (Å²) in [6.07, 6.45) is 0.916. The third-order valence-corrected chi connectivity index (χ3v) is 4.63. The number of anilines is 1. The lowest BCUT2D eigenvalue weighted by Crippen LogP contribution is -2.37. The summed E-state index contributed by atoms with van der Waals surface area (Å²) in [5.41, 5.74) is 8.04. The Balaban J connectivity index is 1.59. The fraction of sp³-hybridized carbons (Fsp3) is 0.350. The van der Waals surface area contributed by atoms with Crippen molar-refractivity contribution in [2.75, 3.05) is 33.0 Å². The van der Waals surface area contributed by atoms with Gasteiger partial charge in [0.05, 0.1) is 19.8 Å². The Morgan fingerprint density at radius 3 is 2.54 bits per heavy atom. The molecular weight excluding hydrogens is 330 g/mol. The summed E-state index contributed by atoms with van der Waals surface area (Å²) in [7, 11) is 3.30. The fourth-order valence-corrected chi connectivity index (χ4v) is 3.28. The van der Waals surface area contributed by atoms with E-state index in [9.17, 15) is 4.79 Å². The van der Waals surface area contributed by atoms with Gasteiger partial charge in [0, 0.05) is 37.4 Å². The van der Waals surface area contributed by atoms with Crippen LogP contribution in [0.2, 0.25) is 0 Å². The van der Waals surface area contributed by atoms with Crippen molar-refractivity contribution in [2.45, 2.75) is 19.0 Å². The van der Waals surface area contributed by atoms with E-state index in [0.29, 0.717) is 11.3 Å². The minimum atomic E-state index is -0.113. The van der Waals surface area contributed by atoms with E-state index in [1.807, 2.05) is 30.3 Å². The largest absolute Gasteiger partial charge is 0.497 e. The van der Waals surface area contributed by atoms with Crippen LogP contribution in [0.25, 0.3) is 0 Å². The predicted octanol–water partition coefficient (Wildman–Crippen LogP) is 2.29. The molecule has 3 N–H and O–H groups in total. The molecule has 3 rings (SSSR count). The lowest BCUT2D eigenvalue weighted by atomic mass is 10.1. The number of methoxy groups -OCH3 is 2. The Kier molecular flexibility index (Phi) is 5.63. The average Bonchev–Trinajstić information content (AvgIpc) is 3.08. The second-order valence-corrected chi connectivity index (χ2v) is 6.50. The molecule has 2 aromatic carbocycles. The normalized spacial score (nSPS) is 17.1. The zero-order chi connectivity index (χ0) is 18.5. The lowest BCUT2D eigenvalue weighted by Gasteiger charge is -2.18. The highest BCUT2D eigenvalue weighted by atomic mass is 16.5. The van der Waals surface area contributed by atoms with Crippen molar-refractivity contribution in [1.82, 2.24) is 10.2 Å². The minimum absolute atomic E-state index is 0.113. The number of carbonyl (C=O) groups excluding carboxylic acids is 1. The standard InChI is InChI=1S/C20H25N3O3/c1-25-16-9-14(10-17(11-16)26-2)12-23-8-7-15(13-23)22-20(24)18-5-3-4-6-19(18)21/h3-6,9-11,15H,7-8,12-13,21H2,1-2H3,(H,22,24). The molecule has 0 radical (unpaired) electrons. The van der Waals surface area contributed by atoms with Crippen molar-refractivity contribution in [3.63, 3.8) is 0 Å². The van der Waals surface area contributed by atoms with Gasteiger partial charge in [-0.3, -0.25) is 9.69 Å². The molecule has 1 fully saturated rings. The number of nitrogens with one attached hydrogen (secondary N) is 1. The molecule has 6 nitrogen and oxygen atoms in total. The van der Waals surface area contributed by atoms with Gasteiger partial charge in [-0.25, -0.2) is 0 Å². The van der Waals surface area contributed by atoms with Gasteiger partial charge in [0.25, 0.3) is 5.91 Å². The molecule has 0 aromatic heterocycles. The monoisotopic (exact) mass is 355 g/mol. The molecule has 138 valence electrons. The molecule has 0 saturated carbocycles. The van der Waals surface area contributed by atoms with Gasteiger partial charge in [0.15, 0.2) is 0 Å². The van der Waals surface area contributed by atoms with Crippen LogP contribution in [-0.2, 0) is 6.54 Å². The maximum atomic E-state index is 12.4. The molecule has 26 heavy (non-hydrogen) atoms. The van der Waals surface area contributed by atoms with Gasteiger partial charge in [0.2, 0.25) is 0 Å². The molecule has 1 aliphatic rings. The number of nitrogens with zero attached hydrogens (tertiary/aromatic N) is 1. The number of nitrogen functional groups attached to an aromatic ring is 1. The maximum Gasteiger partial charge on any atom is 0.253 e. The molecule has 2 aromatic rings.